The van der Waals surface area contributed by atoms with Gasteiger partial charge in [-0.05, 0) is 36.8 Å². The van der Waals surface area contributed by atoms with Crippen molar-refractivity contribution in [2.24, 2.45) is 11.7 Å². The van der Waals surface area contributed by atoms with E-state index in [1.54, 1.807) is 31.2 Å². The van der Waals surface area contributed by atoms with Gasteiger partial charge in [-0.15, -0.1) is 0 Å². The first-order chi connectivity index (χ1) is 10.9. The fraction of sp³-hybridized carbons (Fsp3) is 0.200. The van der Waals surface area contributed by atoms with Gasteiger partial charge in [0.25, 0.3) is 5.56 Å². The van der Waals surface area contributed by atoms with Gasteiger partial charge >= 0.3 is 0 Å². The lowest BCUT2D eigenvalue weighted by molar-refractivity contribution is 0.700. The summed E-state index contributed by atoms with van der Waals surface area (Å²) in [6.45, 7) is 1.67. The molecule has 1 heterocycles. The van der Waals surface area contributed by atoms with Gasteiger partial charge in [0.05, 0.1) is 12.1 Å². The Hall–Kier alpha value is -2.61. The van der Waals surface area contributed by atoms with Crippen LogP contribution in [0.5, 0.6) is 0 Å². The van der Waals surface area contributed by atoms with Gasteiger partial charge in [0.1, 0.15) is 5.92 Å². The molecule has 6 nitrogen and oxygen atoms in total. The molecule has 2 rings (SSSR count). The predicted octanol–water partition coefficient (Wildman–Crippen LogP) is 2.03. The quantitative estimate of drug-likeness (QED) is 0.826. The second-order valence-electron chi connectivity index (χ2n) is 4.89. The minimum Gasteiger partial charge on any atom is -0.374 e. The van der Waals surface area contributed by atoms with Gasteiger partial charge in [-0.2, -0.15) is 15.2 Å². The number of aromatic nitrogens is 2. The van der Waals surface area contributed by atoms with Crippen LogP contribution in [0.4, 0.5) is 0 Å². The summed E-state index contributed by atoms with van der Waals surface area (Å²) >= 11 is 10.7. The third kappa shape index (κ3) is 3.11. The molecule has 2 aromatic rings. The van der Waals surface area contributed by atoms with Gasteiger partial charge in [0.15, 0.2) is 5.11 Å². The van der Waals surface area contributed by atoms with E-state index in [4.69, 9.17) is 29.6 Å². The molecule has 0 bridgehead atoms. The number of aryl methyl sites for hydroxylation is 1. The summed E-state index contributed by atoms with van der Waals surface area (Å²) in [5, 5.41) is 21.8. The van der Waals surface area contributed by atoms with E-state index in [1.807, 2.05) is 12.1 Å². The number of nitriles is 2. The Morgan fingerprint density at radius 1 is 1.35 bits per heavy atom. The summed E-state index contributed by atoms with van der Waals surface area (Å²) in [6, 6.07) is 10.5. The van der Waals surface area contributed by atoms with Crippen molar-refractivity contribution < 1.29 is 0 Å². The summed E-state index contributed by atoms with van der Waals surface area (Å²) < 4.78 is 1.02. The Morgan fingerprint density at radius 3 is 2.35 bits per heavy atom. The van der Waals surface area contributed by atoms with Gasteiger partial charge < -0.3 is 5.73 Å². The van der Waals surface area contributed by atoms with Crippen molar-refractivity contribution in [3.63, 3.8) is 0 Å². The molecule has 1 aromatic carbocycles. The minimum absolute atomic E-state index is 0.135. The van der Waals surface area contributed by atoms with Crippen LogP contribution in [0.3, 0.4) is 0 Å². The van der Waals surface area contributed by atoms with Crippen LogP contribution >= 0.6 is 23.8 Å². The standard InChI is InChI=1S/C15H12ClN5OS/c1-8-12(14(22)21(20-8)15(19)23)13(10(6-17)7-18)9-2-4-11(16)5-3-9/h2-5,10,13,20H,1H3,(H2,19,23)/t13-/m0/s1. The van der Waals surface area contributed by atoms with E-state index in [2.05, 4.69) is 5.10 Å². The fourth-order valence-corrected chi connectivity index (χ4v) is 2.71. The molecular formula is C15H12ClN5OS. The third-order valence-electron chi connectivity index (χ3n) is 3.49. The fourth-order valence-electron chi connectivity index (χ4n) is 2.45. The zero-order valence-corrected chi connectivity index (χ0v) is 13.6. The van der Waals surface area contributed by atoms with Gasteiger partial charge in [-0.3, -0.25) is 9.89 Å². The van der Waals surface area contributed by atoms with Crippen molar-refractivity contribution in [2.45, 2.75) is 12.8 Å². The molecule has 1 atom stereocenters. The number of halogens is 1. The first-order valence-electron chi connectivity index (χ1n) is 6.56. The highest BCUT2D eigenvalue weighted by molar-refractivity contribution is 7.80. The number of H-pyrrole nitrogens is 1. The summed E-state index contributed by atoms with van der Waals surface area (Å²) in [7, 11) is 0. The molecule has 0 radical (unpaired) electrons. The van der Waals surface area contributed by atoms with Crippen LogP contribution in [-0.2, 0) is 0 Å². The number of aromatic amines is 1. The predicted molar refractivity (Wildman–Crippen MR) is 90.0 cm³/mol. The average Bonchev–Trinajstić information content (AvgIpc) is 2.81. The lowest BCUT2D eigenvalue weighted by Crippen LogP contribution is -2.32. The summed E-state index contributed by atoms with van der Waals surface area (Å²) in [5.74, 6) is -1.78. The molecular weight excluding hydrogens is 334 g/mol. The van der Waals surface area contributed by atoms with Crippen molar-refractivity contribution >= 4 is 28.9 Å². The maximum Gasteiger partial charge on any atom is 0.277 e. The number of hydrogen-bond acceptors (Lipinski definition) is 4. The Morgan fingerprint density at radius 2 is 1.91 bits per heavy atom. The van der Waals surface area contributed by atoms with Crippen molar-refractivity contribution in [1.82, 2.24) is 9.78 Å². The average molecular weight is 346 g/mol. The van der Waals surface area contributed by atoms with Crippen LogP contribution < -0.4 is 11.3 Å². The molecule has 1 aromatic heterocycles. The highest BCUT2D eigenvalue weighted by Crippen LogP contribution is 2.32. The number of nitrogens with one attached hydrogen (secondary N) is 1. The zero-order valence-electron chi connectivity index (χ0n) is 12.1. The molecule has 116 valence electrons. The molecule has 0 spiro atoms. The molecule has 0 saturated carbocycles. The Bertz CT molecular complexity index is 871. The molecule has 0 aliphatic rings. The van der Waals surface area contributed by atoms with Crippen LogP contribution in [0.2, 0.25) is 5.02 Å². The summed E-state index contributed by atoms with van der Waals surface area (Å²) in [6.07, 6.45) is 0. The largest absolute Gasteiger partial charge is 0.374 e. The first kappa shape index (κ1) is 16.8. The van der Waals surface area contributed by atoms with E-state index in [9.17, 15) is 15.3 Å². The van der Waals surface area contributed by atoms with Crippen molar-refractivity contribution in [3.8, 4) is 12.1 Å². The van der Waals surface area contributed by atoms with Crippen molar-refractivity contribution in [2.75, 3.05) is 0 Å². The van der Waals surface area contributed by atoms with E-state index < -0.39 is 17.4 Å². The minimum atomic E-state index is -1.04. The van der Waals surface area contributed by atoms with Crippen LogP contribution in [0.1, 0.15) is 22.7 Å². The van der Waals surface area contributed by atoms with Crippen LogP contribution in [0.25, 0.3) is 0 Å². The molecule has 0 unspecified atom stereocenters. The molecule has 23 heavy (non-hydrogen) atoms. The lowest BCUT2D eigenvalue weighted by Gasteiger charge is -2.17. The number of nitrogens with zero attached hydrogens (tertiary/aromatic N) is 3. The van der Waals surface area contributed by atoms with Crippen LogP contribution in [0.15, 0.2) is 29.1 Å². The maximum absolute atomic E-state index is 12.6. The van der Waals surface area contributed by atoms with Gasteiger partial charge in [-0.25, -0.2) is 0 Å². The molecule has 0 aliphatic heterocycles. The van der Waals surface area contributed by atoms with E-state index in [0.29, 0.717) is 16.3 Å². The number of rotatable bonds is 3. The first-order valence-corrected chi connectivity index (χ1v) is 7.35. The highest BCUT2D eigenvalue weighted by Gasteiger charge is 2.31. The second kappa shape index (κ2) is 6.66. The zero-order chi connectivity index (χ0) is 17.1. The van der Waals surface area contributed by atoms with E-state index in [1.165, 1.54) is 0 Å². The monoisotopic (exact) mass is 345 g/mol. The maximum atomic E-state index is 12.6. The smallest absolute Gasteiger partial charge is 0.277 e. The third-order valence-corrected chi connectivity index (χ3v) is 3.92. The second-order valence-corrected chi connectivity index (χ2v) is 5.75. The van der Waals surface area contributed by atoms with Crippen molar-refractivity contribution in [3.05, 3.63) is 56.5 Å². The van der Waals surface area contributed by atoms with Crippen LogP contribution in [-0.4, -0.2) is 14.9 Å². The van der Waals surface area contributed by atoms with Crippen molar-refractivity contribution in [1.29, 1.82) is 10.5 Å². The topological polar surface area (TPSA) is 111 Å². The SMILES string of the molecule is Cc1[nH]n(C(N)=S)c(=O)c1[C@@H](c1ccc(Cl)cc1)C(C#N)C#N. The van der Waals surface area contributed by atoms with Gasteiger partial charge in [0.2, 0.25) is 0 Å². The molecule has 0 saturated heterocycles. The van der Waals surface area contributed by atoms with E-state index in [-0.39, 0.29) is 10.7 Å². The van der Waals surface area contributed by atoms with Gasteiger partial charge in [-0.1, -0.05) is 23.7 Å². The normalized spacial score (nSPS) is 11.7. The number of benzene rings is 1. The summed E-state index contributed by atoms with van der Waals surface area (Å²) in [4.78, 5) is 12.6. The molecule has 0 aliphatic carbocycles. The number of hydrogen-bond donors (Lipinski definition) is 2. The number of nitrogens with two attached hydrogens (primary N) is 1. The summed E-state index contributed by atoms with van der Waals surface area (Å²) in [5.41, 5.74) is 6.46. The highest BCUT2D eigenvalue weighted by atomic mass is 35.5. The van der Waals surface area contributed by atoms with Gasteiger partial charge in [0, 0.05) is 22.2 Å². The molecule has 0 fully saturated rings. The Labute approximate surface area is 142 Å². The lowest BCUT2D eigenvalue weighted by atomic mass is 9.82. The molecule has 8 heteroatoms. The van der Waals surface area contributed by atoms with E-state index >= 15 is 0 Å². The molecule has 0 amide bonds. The number of thiocarbonyl (C=S) groups is 1. The Kier molecular flexibility index (Phi) is 4.85. The molecule has 3 N–H and O–H groups in total. The Balaban J connectivity index is 2.72. The van der Waals surface area contributed by atoms with E-state index in [0.717, 1.165) is 4.68 Å². The van der Waals surface area contributed by atoms with Crippen LogP contribution in [0, 0.1) is 35.5 Å².